The molecule has 0 bridgehead atoms. The normalized spacial score (nSPS) is 15.8. The van der Waals surface area contributed by atoms with Crippen molar-refractivity contribution >= 4 is 33.6 Å². The highest BCUT2D eigenvalue weighted by Crippen LogP contribution is 2.41. The number of urea groups is 1. The van der Waals surface area contributed by atoms with E-state index >= 15 is 0 Å². The third-order valence-electron chi connectivity index (χ3n) is 6.81. The number of rotatable bonds is 12. The molecule has 1 aliphatic heterocycles. The van der Waals surface area contributed by atoms with Gasteiger partial charge in [-0.05, 0) is 62.6 Å². The number of unbranched alkanes of at least 4 members (excludes halogenated alkanes) is 5. The molecule has 1 aliphatic rings. The largest absolute Gasteiger partial charge is 0.463 e. The Hall–Kier alpha value is -3.32. The summed E-state index contributed by atoms with van der Waals surface area (Å²) in [7, 11) is 0. The highest BCUT2D eigenvalue weighted by atomic mass is 79.9. The first-order valence-electron chi connectivity index (χ1n) is 13.4. The van der Waals surface area contributed by atoms with E-state index in [9.17, 15) is 28.0 Å². The number of halogens is 4. The Morgan fingerprint density at radius 2 is 1.70 bits per heavy atom. The van der Waals surface area contributed by atoms with Crippen molar-refractivity contribution in [3.63, 3.8) is 0 Å². The van der Waals surface area contributed by atoms with E-state index in [4.69, 9.17) is 4.74 Å². The molecular formula is C30H33BrF3N3O3. The Kier molecular flexibility index (Phi) is 11.2. The van der Waals surface area contributed by atoms with Crippen molar-refractivity contribution in [1.82, 2.24) is 4.90 Å². The minimum Gasteiger partial charge on any atom is -0.463 e. The van der Waals surface area contributed by atoms with Crippen LogP contribution in [0, 0.1) is 11.3 Å². The van der Waals surface area contributed by atoms with Gasteiger partial charge in [-0.15, -0.1) is 0 Å². The summed E-state index contributed by atoms with van der Waals surface area (Å²) in [5.74, 6) is -0.654. The van der Waals surface area contributed by atoms with Crippen LogP contribution in [-0.4, -0.2) is 35.4 Å². The maximum absolute atomic E-state index is 14.1. The number of allylic oxidation sites excluding steroid dienone is 1. The zero-order chi connectivity index (χ0) is 29.3. The molecule has 0 saturated carbocycles. The molecule has 0 fully saturated rings. The van der Waals surface area contributed by atoms with Crippen LogP contribution in [0.15, 0.2) is 59.8 Å². The molecule has 10 heteroatoms. The zero-order valence-corrected chi connectivity index (χ0v) is 24.2. The van der Waals surface area contributed by atoms with Gasteiger partial charge < -0.3 is 9.64 Å². The summed E-state index contributed by atoms with van der Waals surface area (Å²) in [4.78, 5) is 30.1. The Morgan fingerprint density at radius 3 is 2.30 bits per heavy atom. The number of alkyl halides is 4. The van der Waals surface area contributed by atoms with Gasteiger partial charge in [-0.25, -0.2) is 9.59 Å². The second-order valence-corrected chi connectivity index (χ2v) is 10.3. The lowest BCUT2D eigenvalue weighted by molar-refractivity contribution is -0.139. The molecule has 2 amide bonds. The molecule has 2 aromatic rings. The zero-order valence-electron chi connectivity index (χ0n) is 22.6. The first-order valence-corrected chi connectivity index (χ1v) is 14.5. The van der Waals surface area contributed by atoms with Gasteiger partial charge in [-0.1, -0.05) is 59.8 Å². The number of carbonyl (C=O) groups excluding carboxylic acids is 2. The molecule has 1 unspecified atom stereocenters. The monoisotopic (exact) mass is 619 g/mol. The Labute approximate surface area is 241 Å². The molecule has 40 heavy (non-hydrogen) atoms. The van der Waals surface area contributed by atoms with Gasteiger partial charge in [0.05, 0.1) is 41.1 Å². The van der Waals surface area contributed by atoms with E-state index in [1.807, 2.05) is 0 Å². The van der Waals surface area contributed by atoms with E-state index in [1.165, 1.54) is 17.0 Å². The van der Waals surface area contributed by atoms with Crippen LogP contribution in [0.4, 0.5) is 23.7 Å². The molecule has 1 heterocycles. The third-order valence-corrected chi connectivity index (χ3v) is 7.37. The van der Waals surface area contributed by atoms with Crippen molar-refractivity contribution in [1.29, 1.82) is 5.26 Å². The van der Waals surface area contributed by atoms with E-state index < -0.39 is 29.8 Å². The Morgan fingerprint density at radius 1 is 1.05 bits per heavy atom. The fourth-order valence-electron chi connectivity index (χ4n) is 4.85. The number of nitrogens with zero attached hydrogens (tertiary/aromatic N) is 3. The number of amides is 2. The van der Waals surface area contributed by atoms with E-state index in [2.05, 4.69) is 22.0 Å². The van der Waals surface area contributed by atoms with Crippen molar-refractivity contribution in [3.8, 4) is 6.07 Å². The SMILES string of the molecule is CCOC(=O)C1=C(C)N(c2cccc(C(F)(F)F)c2)C(=O)N(CCCCCCCCBr)C1c1ccc(C#N)cc1. The smallest absolute Gasteiger partial charge is 0.416 e. The molecule has 6 nitrogen and oxygen atoms in total. The van der Waals surface area contributed by atoms with Crippen LogP contribution in [0.25, 0.3) is 0 Å². The lowest BCUT2D eigenvalue weighted by Crippen LogP contribution is -2.51. The van der Waals surface area contributed by atoms with Gasteiger partial charge in [0.1, 0.15) is 0 Å². The molecule has 3 rings (SSSR count). The van der Waals surface area contributed by atoms with E-state index in [1.54, 1.807) is 38.1 Å². The summed E-state index contributed by atoms with van der Waals surface area (Å²) in [6.45, 7) is 3.58. The third kappa shape index (κ3) is 7.45. The summed E-state index contributed by atoms with van der Waals surface area (Å²) in [5.41, 5.74) is 0.509. The number of nitriles is 1. The predicted molar refractivity (Wildman–Crippen MR) is 151 cm³/mol. The second kappa shape index (κ2) is 14.4. The first kappa shape index (κ1) is 31.2. The van der Waals surface area contributed by atoms with Crippen LogP contribution >= 0.6 is 15.9 Å². The highest BCUT2D eigenvalue weighted by Gasteiger charge is 2.43. The van der Waals surface area contributed by atoms with Crippen LogP contribution in [0.2, 0.25) is 0 Å². The summed E-state index contributed by atoms with van der Waals surface area (Å²) < 4.78 is 46.0. The molecule has 0 spiro atoms. The van der Waals surface area contributed by atoms with Crippen LogP contribution in [0.1, 0.15) is 75.1 Å². The average Bonchev–Trinajstić information content (AvgIpc) is 2.93. The lowest BCUT2D eigenvalue weighted by Gasteiger charge is -2.43. The predicted octanol–water partition coefficient (Wildman–Crippen LogP) is 8.13. The highest BCUT2D eigenvalue weighted by molar-refractivity contribution is 9.09. The van der Waals surface area contributed by atoms with E-state index in [0.717, 1.165) is 54.5 Å². The van der Waals surface area contributed by atoms with Gasteiger partial charge in [0.2, 0.25) is 0 Å². The standard InChI is InChI=1S/C30H33BrF3N3O3/c1-3-40-28(38)26-21(2)37(25-12-10-11-24(19-25)30(32,33)34)29(39)36(18-9-7-5-4-6-8-17-31)27(26)23-15-13-22(20-35)14-16-23/h10-16,19,27H,3-9,17-18H2,1-2H3. The van der Waals surface area contributed by atoms with Crippen molar-refractivity contribution in [3.05, 3.63) is 76.5 Å². The molecule has 2 aromatic carbocycles. The second-order valence-electron chi connectivity index (χ2n) is 9.53. The van der Waals surface area contributed by atoms with E-state index in [0.29, 0.717) is 17.5 Å². The maximum Gasteiger partial charge on any atom is 0.416 e. The summed E-state index contributed by atoms with van der Waals surface area (Å²) in [6, 6.07) is 11.8. The quantitative estimate of drug-likeness (QED) is 0.136. The lowest BCUT2D eigenvalue weighted by atomic mass is 9.91. The minimum absolute atomic E-state index is 0.0113. The number of benzene rings is 2. The van der Waals surface area contributed by atoms with Crippen LogP contribution < -0.4 is 4.90 Å². The molecule has 0 saturated heterocycles. The molecular weight excluding hydrogens is 587 g/mol. The Balaban J connectivity index is 2.09. The Bertz CT molecular complexity index is 1260. The fourth-order valence-corrected chi connectivity index (χ4v) is 5.24. The van der Waals surface area contributed by atoms with Gasteiger partial charge in [-0.3, -0.25) is 4.90 Å². The molecule has 0 N–H and O–H groups in total. The van der Waals surface area contributed by atoms with Crippen molar-refractivity contribution < 1.29 is 27.5 Å². The molecule has 0 aliphatic carbocycles. The number of carbonyl (C=O) groups is 2. The summed E-state index contributed by atoms with van der Waals surface area (Å²) in [5, 5.41) is 10.2. The maximum atomic E-state index is 14.1. The van der Waals surface area contributed by atoms with Gasteiger partial charge in [0.15, 0.2) is 0 Å². The van der Waals surface area contributed by atoms with Gasteiger partial charge in [-0.2, -0.15) is 18.4 Å². The molecule has 0 aromatic heterocycles. The minimum atomic E-state index is -4.60. The van der Waals surface area contributed by atoms with Crippen LogP contribution in [0.5, 0.6) is 0 Å². The van der Waals surface area contributed by atoms with Gasteiger partial charge >= 0.3 is 18.2 Å². The number of hydrogen-bond donors (Lipinski definition) is 0. The van der Waals surface area contributed by atoms with Crippen LogP contribution in [0.3, 0.4) is 0 Å². The summed E-state index contributed by atoms with van der Waals surface area (Å²) in [6.07, 6.45) is 1.13. The van der Waals surface area contributed by atoms with Crippen molar-refractivity contribution in [2.75, 3.05) is 23.4 Å². The molecule has 0 radical (unpaired) electrons. The number of ether oxygens (including phenoxy) is 1. The molecule has 1 atom stereocenters. The van der Waals surface area contributed by atoms with Crippen molar-refractivity contribution in [2.24, 2.45) is 0 Å². The van der Waals surface area contributed by atoms with Gasteiger partial charge in [0.25, 0.3) is 0 Å². The number of hydrogen-bond acceptors (Lipinski definition) is 4. The van der Waals surface area contributed by atoms with E-state index in [-0.39, 0.29) is 30.1 Å². The fraction of sp³-hybridized carbons (Fsp3) is 0.433. The first-order chi connectivity index (χ1) is 19.1. The topological polar surface area (TPSA) is 73.6 Å². The number of anilines is 1. The molecule has 214 valence electrons. The van der Waals surface area contributed by atoms with Crippen LogP contribution in [-0.2, 0) is 15.7 Å². The number of esters is 1. The van der Waals surface area contributed by atoms with Crippen molar-refractivity contribution in [2.45, 2.75) is 64.6 Å². The average molecular weight is 621 g/mol. The van der Waals surface area contributed by atoms with Gasteiger partial charge in [0, 0.05) is 17.6 Å². The summed E-state index contributed by atoms with van der Waals surface area (Å²) >= 11 is 3.43.